The summed E-state index contributed by atoms with van der Waals surface area (Å²) < 4.78 is 2.04. The minimum atomic E-state index is -0.0534. The van der Waals surface area contributed by atoms with Crippen LogP contribution in [0.1, 0.15) is 41.0 Å². The third-order valence-electron chi connectivity index (χ3n) is 5.37. The lowest BCUT2D eigenvalue weighted by molar-refractivity contribution is 0.0951. The fourth-order valence-electron chi connectivity index (χ4n) is 3.78. The van der Waals surface area contributed by atoms with E-state index < -0.39 is 0 Å². The Balaban J connectivity index is 1.43. The van der Waals surface area contributed by atoms with Gasteiger partial charge in [-0.3, -0.25) is 4.79 Å². The van der Waals surface area contributed by atoms with Crippen molar-refractivity contribution < 1.29 is 4.79 Å². The predicted octanol–water partition coefficient (Wildman–Crippen LogP) is 4.10. The van der Waals surface area contributed by atoms with Crippen molar-refractivity contribution >= 4 is 11.6 Å². The second-order valence-corrected chi connectivity index (χ2v) is 7.25. The number of hydrogen-bond acceptors (Lipinski definition) is 3. The van der Waals surface area contributed by atoms with Crippen LogP contribution in [0, 0.1) is 6.92 Å². The highest BCUT2D eigenvalue weighted by molar-refractivity contribution is 5.94. The van der Waals surface area contributed by atoms with Gasteiger partial charge in [-0.2, -0.15) is 0 Å². The molecule has 0 atom stereocenters. The molecule has 2 aromatic carbocycles. The average molecular weight is 374 g/mol. The van der Waals surface area contributed by atoms with Gasteiger partial charge < -0.3 is 14.8 Å². The third kappa shape index (κ3) is 3.93. The van der Waals surface area contributed by atoms with Gasteiger partial charge in [0.05, 0.1) is 5.69 Å². The molecular weight excluding hydrogens is 348 g/mol. The van der Waals surface area contributed by atoms with Crippen molar-refractivity contribution in [2.75, 3.05) is 18.0 Å². The standard InChI is InChI=1S/C23H26N4O/c1-18-24-13-16-27(18)22-8-4-3-7-20(22)17-25-23(28)19-9-11-21(12-10-19)26-14-5-2-6-15-26/h3-4,7-13,16H,2,5-6,14-15,17H2,1H3,(H,25,28). The maximum absolute atomic E-state index is 12.6. The number of para-hydroxylation sites is 1. The van der Waals surface area contributed by atoms with E-state index >= 15 is 0 Å². The van der Waals surface area contributed by atoms with Crippen molar-refractivity contribution in [1.82, 2.24) is 14.9 Å². The van der Waals surface area contributed by atoms with Crippen molar-refractivity contribution in [1.29, 1.82) is 0 Å². The van der Waals surface area contributed by atoms with Crippen LogP contribution in [0.2, 0.25) is 0 Å². The first-order valence-electron chi connectivity index (χ1n) is 9.94. The maximum atomic E-state index is 12.6. The Kier molecular flexibility index (Phi) is 5.42. The van der Waals surface area contributed by atoms with Crippen LogP contribution in [0.3, 0.4) is 0 Å². The van der Waals surface area contributed by atoms with Crippen LogP contribution >= 0.6 is 0 Å². The average Bonchev–Trinajstić information content (AvgIpc) is 3.18. The molecule has 1 fully saturated rings. The van der Waals surface area contributed by atoms with Crippen molar-refractivity contribution in [2.45, 2.75) is 32.7 Å². The number of anilines is 1. The summed E-state index contributed by atoms with van der Waals surface area (Å²) in [6, 6.07) is 16.0. The van der Waals surface area contributed by atoms with E-state index in [0.29, 0.717) is 12.1 Å². The molecule has 2 heterocycles. The van der Waals surface area contributed by atoms with Gasteiger partial charge in [0.25, 0.3) is 5.91 Å². The normalized spacial score (nSPS) is 14.1. The Morgan fingerprint density at radius 2 is 1.79 bits per heavy atom. The summed E-state index contributed by atoms with van der Waals surface area (Å²) in [5.74, 6) is 0.870. The van der Waals surface area contributed by atoms with Gasteiger partial charge in [-0.1, -0.05) is 18.2 Å². The van der Waals surface area contributed by atoms with E-state index in [9.17, 15) is 4.79 Å². The van der Waals surface area contributed by atoms with Crippen LogP contribution in [-0.4, -0.2) is 28.5 Å². The second kappa shape index (κ2) is 8.30. The quantitative estimate of drug-likeness (QED) is 0.731. The molecule has 1 aliphatic rings. The van der Waals surface area contributed by atoms with Crippen LogP contribution in [0.5, 0.6) is 0 Å². The van der Waals surface area contributed by atoms with Gasteiger partial charge in [-0.25, -0.2) is 4.98 Å². The first-order valence-corrected chi connectivity index (χ1v) is 9.94. The Labute approximate surface area is 166 Å². The molecule has 0 bridgehead atoms. The zero-order valence-electron chi connectivity index (χ0n) is 16.3. The third-order valence-corrected chi connectivity index (χ3v) is 5.37. The lowest BCUT2D eigenvalue weighted by atomic mass is 10.1. The highest BCUT2D eigenvalue weighted by atomic mass is 16.1. The maximum Gasteiger partial charge on any atom is 0.251 e. The number of amides is 1. The van der Waals surface area contributed by atoms with Crippen LogP contribution in [0.25, 0.3) is 5.69 Å². The molecule has 0 unspecified atom stereocenters. The van der Waals surface area contributed by atoms with Gasteiger partial charge in [-0.05, 0) is 62.1 Å². The number of carbonyl (C=O) groups is 1. The first-order chi connectivity index (χ1) is 13.7. The van der Waals surface area contributed by atoms with Gasteiger partial charge in [0.1, 0.15) is 5.82 Å². The number of nitrogens with one attached hydrogen (secondary N) is 1. The van der Waals surface area contributed by atoms with E-state index in [1.165, 1.54) is 24.9 Å². The molecule has 0 saturated carbocycles. The van der Waals surface area contributed by atoms with E-state index in [0.717, 1.165) is 30.2 Å². The van der Waals surface area contributed by atoms with E-state index in [4.69, 9.17) is 0 Å². The summed E-state index contributed by atoms with van der Waals surface area (Å²) in [5.41, 5.74) is 3.99. The summed E-state index contributed by atoms with van der Waals surface area (Å²) in [5, 5.41) is 3.05. The number of aromatic nitrogens is 2. The topological polar surface area (TPSA) is 50.2 Å². The molecule has 4 rings (SSSR count). The van der Waals surface area contributed by atoms with Gasteiger partial charge in [-0.15, -0.1) is 0 Å². The Bertz CT molecular complexity index is 939. The van der Waals surface area contributed by atoms with E-state index in [1.54, 1.807) is 6.20 Å². The largest absolute Gasteiger partial charge is 0.372 e. The number of hydrogen-bond donors (Lipinski definition) is 1. The lowest BCUT2D eigenvalue weighted by Crippen LogP contribution is -2.29. The van der Waals surface area contributed by atoms with Gasteiger partial charge in [0, 0.05) is 43.3 Å². The molecule has 1 aromatic heterocycles. The van der Waals surface area contributed by atoms with Crippen LogP contribution in [0.15, 0.2) is 60.9 Å². The number of benzene rings is 2. The minimum Gasteiger partial charge on any atom is -0.372 e. The summed E-state index contributed by atoms with van der Waals surface area (Å²) >= 11 is 0. The predicted molar refractivity (Wildman–Crippen MR) is 112 cm³/mol. The summed E-state index contributed by atoms with van der Waals surface area (Å²) in [6.07, 6.45) is 7.54. The zero-order chi connectivity index (χ0) is 19.3. The van der Waals surface area contributed by atoms with Crippen LogP contribution in [-0.2, 0) is 6.54 Å². The molecule has 0 radical (unpaired) electrons. The smallest absolute Gasteiger partial charge is 0.251 e. The van der Waals surface area contributed by atoms with Crippen LogP contribution < -0.4 is 10.2 Å². The lowest BCUT2D eigenvalue weighted by Gasteiger charge is -2.28. The number of aryl methyl sites for hydroxylation is 1. The van der Waals surface area contributed by atoms with Crippen molar-refractivity contribution in [3.63, 3.8) is 0 Å². The molecule has 1 N–H and O–H groups in total. The number of nitrogens with zero attached hydrogens (tertiary/aromatic N) is 3. The van der Waals surface area contributed by atoms with Crippen molar-refractivity contribution in [3.8, 4) is 5.69 Å². The van der Waals surface area contributed by atoms with E-state index in [-0.39, 0.29) is 5.91 Å². The van der Waals surface area contributed by atoms with Crippen molar-refractivity contribution in [2.24, 2.45) is 0 Å². The minimum absolute atomic E-state index is 0.0534. The molecule has 1 saturated heterocycles. The zero-order valence-corrected chi connectivity index (χ0v) is 16.3. The fraction of sp³-hybridized carbons (Fsp3) is 0.304. The molecule has 5 nitrogen and oxygen atoms in total. The van der Waals surface area contributed by atoms with Gasteiger partial charge in [0.2, 0.25) is 0 Å². The summed E-state index contributed by atoms with van der Waals surface area (Å²) in [6.45, 7) is 4.66. The SMILES string of the molecule is Cc1nccn1-c1ccccc1CNC(=O)c1ccc(N2CCCCC2)cc1. The second-order valence-electron chi connectivity index (χ2n) is 7.25. The molecule has 0 spiro atoms. The van der Waals surface area contributed by atoms with Gasteiger partial charge >= 0.3 is 0 Å². The molecular formula is C23H26N4O. The Hall–Kier alpha value is -3.08. The molecule has 5 heteroatoms. The van der Waals surface area contributed by atoms with E-state index in [2.05, 4.69) is 27.3 Å². The molecule has 0 aliphatic carbocycles. The Morgan fingerprint density at radius 3 is 2.50 bits per heavy atom. The molecule has 1 aliphatic heterocycles. The number of piperidine rings is 1. The number of carbonyl (C=O) groups excluding carboxylic acids is 1. The number of rotatable bonds is 5. The summed E-state index contributed by atoms with van der Waals surface area (Å²) in [4.78, 5) is 19.3. The van der Waals surface area contributed by atoms with E-state index in [1.807, 2.05) is 54.1 Å². The highest BCUT2D eigenvalue weighted by Crippen LogP contribution is 2.20. The summed E-state index contributed by atoms with van der Waals surface area (Å²) in [7, 11) is 0. The molecule has 3 aromatic rings. The molecule has 1 amide bonds. The monoisotopic (exact) mass is 374 g/mol. The van der Waals surface area contributed by atoms with Gasteiger partial charge in [0.15, 0.2) is 0 Å². The number of imidazole rings is 1. The molecule has 28 heavy (non-hydrogen) atoms. The highest BCUT2D eigenvalue weighted by Gasteiger charge is 2.13. The van der Waals surface area contributed by atoms with Crippen molar-refractivity contribution in [3.05, 3.63) is 77.9 Å². The fourth-order valence-corrected chi connectivity index (χ4v) is 3.78. The van der Waals surface area contributed by atoms with Crippen LogP contribution in [0.4, 0.5) is 5.69 Å². The Morgan fingerprint density at radius 1 is 1.04 bits per heavy atom. The molecule has 144 valence electrons. The first kappa shape index (κ1) is 18.3.